The van der Waals surface area contributed by atoms with Crippen LogP contribution in [-0.4, -0.2) is 28.0 Å². The molecule has 1 atom stereocenters. The zero-order chi connectivity index (χ0) is 19.3. The third-order valence-corrected chi connectivity index (χ3v) is 5.98. The number of nitrogens with zero attached hydrogens (tertiary/aromatic N) is 2. The summed E-state index contributed by atoms with van der Waals surface area (Å²) in [5.74, 6) is 2.00. The van der Waals surface area contributed by atoms with Gasteiger partial charge in [0.2, 0.25) is 5.13 Å². The molecular formula is C19H27N3O2S2. The molecule has 5 nitrogen and oxygen atoms in total. The summed E-state index contributed by atoms with van der Waals surface area (Å²) in [6.45, 7) is 12.5. The van der Waals surface area contributed by atoms with Gasteiger partial charge >= 0.3 is 0 Å². The van der Waals surface area contributed by atoms with Gasteiger partial charge in [0.25, 0.3) is 5.91 Å². The van der Waals surface area contributed by atoms with Crippen LogP contribution in [0.3, 0.4) is 0 Å². The lowest BCUT2D eigenvalue weighted by atomic mass is 9.87. The maximum atomic E-state index is 12.3. The molecule has 2 aromatic rings. The van der Waals surface area contributed by atoms with Crippen molar-refractivity contribution >= 4 is 34.1 Å². The maximum Gasteiger partial charge on any atom is 0.266 e. The van der Waals surface area contributed by atoms with Gasteiger partial charge < -0.3 is 4.74 Å². The van der Waals surface area contributed by atoms with Crippen LogP contribution < -0.4 is 10.1 Å². The van der Waals surface area contributed by atoms with Crippen LogP contribution in [0.4, 0.5) is 5.13 Å². The summed E-state index contributed by atoms with van der Waals surface area (Å²) >= 11 is 3.04. The first kappa shape index (κ1) is 20.7. The number of amides is 1. The van der Waals surface area contributed by atoms with Crippen molar-refractivity contribution in [3.05, 3.63) is 29.8 Å². The minimum atomic E-state index is -0.619. The molecule has 1 amide bonds. The zero-order valence-corrected chi connectivity index (χ0v) is 17.8. The Morgan fingerprint density at radius 1 is 1.19 bits per heavy atom. The standard InChI is InChI=1S/C19H27N3O2S2/c1-12(2)11-25-18-22-21-17(26-18)20-16(23)13(3)24-15-9-7-14(8-10-15)19(4,5)6/h7-10,12-13H,11H2,1-6H3,(H,20,21,23)/t13-/m0/s1. The van der Waals surface area contributed by atoms with Crippen molar-refractivity contribution in [2.24, 2.45) is 5.92 Å². The van der Waals surface area contributed by atoms with E-state index in [0.717, 1.165) is 10.1 Å². The maximum absolute atomic E-state index is 12.3. The highest BCUT2D eigenvalue weighted by atomic mass is 32.2. The van der Waals surface area contributed by atoms with Gasteiger partial charge in [0.15, 0.2) is 10.4 Å². The number of benzene rings is 1. The quantitative estimate of drug-likeness (QED) is 0.530. The zero-order valence-electron chi connectivity index (χ0n) is 16.2. The van der Waals surface area contributed by atoms with Gasteiger partial charge in [-0.05, 0) is 36.0 Å². The number of carbonyl (C=O) groups excluding carboxylic acids is 1. The summed E-state index contributed by atoms with van der Waals surface area (Å²) < 4.78 is 6.60. The molecule has 0 radical (unpaired) electrons. The van der Waals surface area contributed by atoms with Gasteiger partial charge in [0.1, 0.15) is 5.75 Å². The Morgan fingerprint density at radius 3 is 2.42 bits per heavy atom. The first-order chi connectivity index (χ1) is 12.1. The molecular weight excluding hydrogens is 366 g/mol. The Bertz CT molecular complexity index is 721. The molecule has 0 aliphatic carbocycles. The second-order valence-electron chi connectivity index (χ2n) is 7.60. The molecule has 0 unspecified atom stereocenters. The number of aromatic nitrogens is 2. The second-order valence-corrected chi connectivity index (χ2v) is 9.85. The summed E-state index contributed by atoms with van der Waals surface area (Å²) in [6, 6.07) is 7.86. The molecule has 1 aromatic heterocycles. The molecule has 0 fully saturated rings. The molecule has 1 N–H and O–H groups in total. The van der Waals surface area contributed by atoms with Crippen molar-refractivity contribution < 1.29 is 9.53 Å². The van der Waals surface area contributed by atoms with Crippen molar-refractivity contribution in [3.63, 3.8) is 0 Å². The predicted octanol–water partition coefficient (Wildman–Crippen LogP) is 4.99. The number of anilines is 1. The van der Waals surface area contributed by atoms with E-state index in [9.17, 15) is 4.79 Å². The van der Waals surface area contributed by atoms with Gasteiger partial charge in [-0.2, -0.15) is 0 Å². The Hall–Kier alpha value is -1.60. The largest absolute Gasteiger partial charge is 0.481 e. The molecule has 7 heteroatoms. The molecule has 26 heavy (non-hydrogen) atoms. The highest BCUT2D eigenvalue weighted by Crippen LogP contribution is 2.27. The Kier molecular flexibility index (Phi) is 7.06. The minimum Gasteiger partial charge on any atom is -0.481 e. The normalized spacial score (nSPS) is 12.9. The molecule has 2 rings (SSSR count). The van der Waals surface area contributed by atoms with Gasteiger partial charge in [0.05, 0.1) is 0 Å². The van der Waals surface area contributed by atoms with Gasteiger partial charge in [-0.3, -0.25) is 10.1 Å². The third kappa shape index (κ3) is 6.29. The fourth-order valence-electron chi connectivity index (χ4n) is 2.05. The lowest BCUT2D eigenvalue weighted by Gasteiger charge is -2.20. The average Bonchev–Trinajstić information content (AvgIpc) is 3.00. The number of carbonyl (C=O) groups is 1. The van der Waals surface area contributed by atoms with Crippen LogP contribution in [0.2, 0.25) is 0 Å². The first-order valence-corrected chi connectivity index (χ1v) is 10.5. The van der Waals surface area contributed by atoms with Crippen molar-refractivity contribution in [1.29, 1.82) is 0 Å². The third-order valence-electron chi connectivity index (χ3n) is 3.58. The Labute approximate surface area is 163 Å². The summed E-state index contributed by atoms with van der Waals surface area (Å²) in [4.78, 5) is 12.3. The molecule has 0 spiro atoms. The van der Waals surface area contributed by atoms with Crippen molar-refractivity contribution in [2.45, 2.75) is 57.4 Å². The monoisotopic (exact) mass is 393 g/mol. The summed E-state index contributed by atoms with van der Waals surface area (Å²) in [5.41, 5.74) is 1.31. The van der Waals surface area contributed by atoms with E-state index in [0.29, 0.717) is 16.8 Å². The van der Waals surface area contributed by atoms with Gasteiger partial charge in [0, 0.05) is 5.75 Å². The van der Waals surface area contributed by atoms with Gasteiger partial charge in [-0.1, -0.05) is 69.9 Å². The van der Waals surface area contributed by atoms with Crippen molar-refractivity contribution in [3.8, 4) is 5.75 Å². The highest BCUT2D eigenvalue weighted by Gasteiger charge is 2.18. The van der Waals surface area contributed by atoms with Crippen LogP contribution in [0.15, 0.2) is 28.6 Å². The molecule has 0 aliphatic heterocycles. The van der Waals surface area contributed by atoms with Crippen LogP contribution >= 0.6 is 23.1 Å². The van der Waals surface area contributed by atoms with E-state index in [1.807, 2.05) is 24.3 Å². The Morgan fingerprint density at radius 2 is 1.85 bits per heavy atom. The molecule has 0 bridgehead atoms. The van der Waals surface area contributed by atoms with E-state index < -0.39 is 6.10 Å². The molecule has 142 valence electrons. The van der Waals surface area contributed by atoms with E-state index in [1.165, 1.54) is 16.9 Å². The van der Waals surface area contributed by atoms with E-state index in [1.54, 1.807) is 18.7 Å². The van der Waals surface area contributed by atoms with Crippen LogP contribution in [0.25, 0.3) is 0 Å². The molecule has 0 saturated carbocycles. The van der Waals surface area contributed by atoms with Crippen molar-refractivity contribution in [1.82, 2.24) is 10.2 Å². The van der Waals surface area contributed by atoms with Crippen LogP contribution in [-0.2, 0) is 10.2 Å². The molecule has 0 saturated heterocycles. The Balaban J connectivity index is 1.89. The van der Waals surface area contributed by atoms with Crippen LogP contribution in [0.1, 0.15) is 47.1 Å². The predicted molar refractivity (Wildman–Crippen MR) is 109 cm³/mol. The topological polar surface area (TPSA) is 64.1 Å². The van der Waals surface area contributed by atoms with Gasteiger partial charge in [-0.15, -0.1) is 10.2 Å². The van der Waals surface area contributed by atoms with E-state index in [2.05, 4.69) is 50.1 Å². The number of thioether (sulfide) groups is 1. The summed E-state index contributed by atoms with van der Waals surface area (Å²) in [7, 11) is 0. The number of nitrogens with one attached hydrogen (secondary N) is 1. The highest BCUT2D eigenvalue weighted by molar-refractivity contribution is 8.01. The number of ether oxygens (including phenoxy) is 1. The van der Waals surface area contributed by atoms with Gasteiger partial charge in [-0.25, -0.2) is 0 Å². The van der Waals surface area contributed by atoms with E-state index >= 15 is 0 Å². The van der Waals surface area contributed by atoms with Crippen LogP contribution in [0, 0.1) is 5.92 Å². The average molecular weight is 394 g/mol. The molecule has 1 heterocycles. The molecule has 0 aliphatic rings. The number of hydrogen-bond acceptors (Lipinski definition) is 6. The fourth-order valence-corrected chi connectivity index (χ4v) is 3.79. The smallest absolute Gasteiger partial charge is 0.266 e. The summed E-state index contributed by atoms with van der Waals surface area (Å²) in [5, 5.41) is 11.4. The molecule has 1 aromatic carbocycles. The SMILES string of the molecule is CC(C)CSc1nnc(NC(=O)[C@H](C)Oc2ccc(C(C)(C)C)cc2)s1. The second kappa shape index (κ2) is 8.86. The first-order valence-electron chi connectivity index (χ1n) is 8.69. The lowest BCUT2D eigenvalue weighted by molar-refractivity contribution is -0.122. The minimum absolute atomic E-state index is 0.0879. The van der Waals surface area contributed by atoms with Crippen LogP contribution in [0.5, 0.6) is 5.75 Å². The lowest BCUT2D eigenvalue weighted by Crippen LogP contribution is -2.30. The number of rotatable bonds is 7. The summed E-state index contributed by atoms with van der Waals surface area (Å²) in [6.07, 6.45) is -0.619. The van der Waals surface area contributed by atoms with E-state index in [-0.39, 0.29) is 11.3 Å². The van der Waals surface area contributed by atoms with E-state index in [4.69, 9.17) is 4.74 Å². The van der Waals surface area contributed by atoms with Crippen molar-refractivity contribution in [2.75, 3.05) is 11.1 Å². The fraction of sp³-hybridized carbons (Fsp3) is 0.526. The number of hydrogen-bond donors (Lipinski definition) is 1.